The summed E-state index contributed by atoms with van der Waals surface area (Å²) in [7, 11) is 0. The molecule has 1 aromatic heterocycles. The number of benzene rings is 10. The van der Waals surface area contributed by atoms with Crippen LogP contribution < -0.4 is 5.73 Å². The summed E-state index contributed by atoms with van der Waals surface area (Å²) < 4.78 is 0. The van der Waals surface area contributed by atoms with Crippen molar-refractivity contribution in [1.82, 2.24) is 15.0 Å². The van der Waals surface area contributed by atoms with E-state index in [1.165, 1.54) is 44.5 Å². The largest absolute Gasteiger partial charge is 0.383 e. The lowest BCUT2D eigenvalue weighted by atomic mass is 9.70. The molecule has 0 unspecified atom stereocenters. The molecule has 10 aromatic carbocycles. The third-order valence-electron chi connectivity index (χ3n) is 14.3. The van der Waals surface area contributed by atoms with Crippen LogP contribution in [-0.4, -0.2) is 26.6 Å². The minimum Gasteiger partial charge on any atom is -0.383 e. The van der Waals surface area contributed by atoms with Crippen LogP contribution in [0.25, 0.3) is 78.7 Å². The van der Waals surface area contributed by atoms with Crippen molar-refractivity contribution in [3.8, 4) is 78.7 Å². The van der Waals surface area contributed by atoms with Gasteiger partial charge in [-0.25, -0.2) is 19.9 Å². The Morgan fingerprint density at radius 2 is 0.740 bits per heavy atom. The lowest BCUT2D eigenvalue weighted by Gasteiger charge is -2.31. The van der Waals surface area contributed by atoms with Crippen LogP contribution in [0.1, 0.15) is 38.9 Å². The highest BCUT2D eigenvalue weighted by Gasteiger charge is 2.51. The van der Waals surface area contributed by atoms with Crippen molar-refractivity contribution in [2.24, 2.45) is 15.7 Å². The molecule has 0 atom stereocenters. The molecule has 0 fully saturated rings. The van der Waals surface area contributed by atoms with E-state index in [0.29, 0.717) is 35.7 Å². The summed E-state index contributed by atoms with van der Waals surface area (Å²) in [5.74, 6) is 2.82. The van der Waals surface area contributed by atoms with Gasteiger partial charge in [0.25, 0.3) is 0 Å². The first-order valence-corrected chi connectivity index (χ1v) is 24.6. The number of aromatic nitrogens is 3. The molecule has 0 bridgehead atoms. The third-order valence-corrected chi connectivity index (χ3v) is 14.3. The Bertz CT molecular complexity index is 3860. The average molecular weight is 935 g/mol. The summed E-state index contributed by atoms with van der Waals surface area (Å²) in [6, 6.07) is 89.1. The van der Waals surface area contributed by atoms with E-state index in [0.717, 1.165) is 55.6 Å². The highest BCUT2D eigenvalue weighted by molar-refractivity contribution is 6.11. The predicted molar refractivity (Wildman–Crippen MR) is 297 cm³/mol. The van der Waals surface area contributed by atoms with Crippen LogP contribution in [0.2, 0.25) is 0 Å². The van der Waals surface area contributed by atoms with Gasteiger partial charge in [-0.3, -0.25) is 4.99 Å². The first kappa shape index (κ1) is 43.4. The van der Waals surface area contributed by atoms with E-state index in [4.69, 9.17) is 30.7 Å². The number of fused-ring (bicyclic) bond motifs is 10. The predicted octanol–water partition coefficient (Wildman–Crippen LogP) is 14.9. The number of hydrogen-bond donors (Lipinski definition) is 1. The smallest absolute Gasteiger partial charge is 0.164 e. The molecule has 1 heterocycles. The monoisotopic (exact) mass is 934 g/mol. The minimum atomic E-state index is -0.634. The second-order valence-corrected chi connectivity index (χ2v) is 18.5. The Balaban J connectivity index is 0.944. The van der Waals surface area contributed by atoms with Gasteiger partial charge in [0.2, 0.25) is 0 Å². The second-order valence-electron chi connectivity index (χ2n) is 18.5. The standard InChI is InChI=1S/C67H46N6/c68-62(49-21-9-3-10-22-49)70-63(51-34-30-47(31-35-51)45-17-5-1-6-18-45)69-43-44-29-39-56-57-40-38-53(42-61(57)67(60(56)41-44)58-27-15-13-25-54(58)55-26-14-16-28-59(55)67)66-72-64(50-23-11-4-12-24-50)71-65(73-66)52-36-32-48(33-37-52)46-19-7-2-8-20-46/h1-42H,43H2,(H2,68,69,70). The van der Waals surface area contributed by atoms with Crippen molar-refractivity contribution in [2.45, 2.75) is 12.0 Å². The van der Waals surface area contributed by atoms with Gasteiger partial charge < -0.3 is 5.73 Å². The van der Waals surface area contributed by atoms with Crippen LogP contribution in [-0.2, 0) is 12.0 Å². The summed E-state index contributed by atoms with van der Waals surface area (Å²) in [6.45, 7) is 0.387. The van der Waals surface area contributed by atoms with E-state index in [2.05, 4.69) is 194 Å². The number of amidine groups is 2. The topological polar surface area (TPSA) is 89.4 Å². The Labute approximate surface area is 424 Å². The zero-order valence-corrected chi connectivity index (χ0v) is 39.8. The first-order valence-electron chi connectivity index (χ1n) is 24.6. The first-order chi connectivity index (χ1) is 36.1. The number of hydrogen-bond acceptors (Lipinski definition) is 4. The van der Waals surface area contributed by atoms with Gasteiger partial charge >= 0.3 is 0 Å². The van der Waals surface area contributed by atoms with Gasteiger partial charge in [-0.1, -0.05) is 249 Å². The van der Waals surface area contributed by atoms with E-state index >= 15 is 0 Å². The van der Waals surface area contributed by atoms with Crippen LogP contribution in [0.15, 0.2) is 265 Å². The van der Waals surface area contributed by atoms with Crippen LogP contribution >= 0.6 is 0 Å². The molecule has 11 aromatic rings. The summed E-state index contributed by atoms with van der Waals surface area (Å²) >= 11 is 0. The SMILES string of the molecule is NC(=NC(=NCc1ccc2c(c1)C1(c3ccccc3-c3ccccc31)c1cc(-c3nc(-c4ccccc4)nc(-c4ccc(-c5ccccc5)cc4)n3)ccc1-2)c1ccc(-c2ccccc2)cc1)c1ccccc1. The molecule has 2 N–H and O–H groups in total. The molecule has 73 heavy (non-hydrogen) atoms. The molecule has 6 nitrogen and oxygen atoms in total. The second kappa shape index (κ2) is 18.3. The Morgan fingerprint density at radius 1 is 0.342 bits per heavy atom. The van der Waals surface area contributed by atoms with E-state index in [-0.39, 0.29) is 0 Å². The fraction of sp³-hybridized carbons (Fsp3) is 0.0299. The Kier molecular flexibility index (Phi) is 10.9. The zero-order chi connectivity index (χ0) is 48.7. The van der Waals surface area contributed by atoms with E-state index < -0.39 is 5.41 Å². The van der Waals surface area contributed by atoms with E-state index in [1.807, 2.05) is 60.7 Å². The highest BCUT2D eigenvalue weighted by atomic mass is 15.0. The van der Waals surface area contributed by atoms with Gasteiger partial charge in [-0.15, -0.1) is 0 Å². The normalized spacial score (nSPS) is 13.0. The molecule has 13 rings (SSSR count). The summed E-state index contributed by atoms with van der Waals surface area (Å²) in [5, 5.41) is 0. The number of nitrogens with zero attached hydrogens (tertiary/aromatic N) is 5. The molecular formula is C67H46N6. The van der Waals surface area contributed by atoms with Crippen LogP contribution in [0.5, 0.6) is 0 Å². The third kappa shape index (κ3) is 7.73. The summed E-state index contributed by atoms with van der Waals surface area (Å²) in [4.78, 5) is 25.9. The number of aliphatic imine (C=N–C) groups is 2. The van der Waals surface area contributed by atoms with Crippen molar-refractivity contribution in [3.05, 3.63) is 294 Å². The van der Waals surface area contributed by atoms with Gasteiger partial charge in [-0.05, 0) is 78.4 Å². The molecule has 0 aliphatic heterocycles. The number of rotatable bonds is 9. The maximum atomic E-state index is 6.73. The molecule has 2 aliphatic carbocycles. The van der Waals surface area contributed by atoms with Gasteiger partial charge in [0.05, 0.1) is 12.0 Å². The minimum absolute atomic E-state index is 0.387. The Hall–Kier alpha value is -9.65. The fourth-order valence-electron chi connectivity index (χ4n) is 10.8. The van der Waals surface area contributed by atoms with E-state index in [9.17, 15) is 0 Å². The molecule has 0 saturated heterocycles. The lowest BCUT2D eigenvalue weighted by molar-refractivity contribution is 0.791. The van der Waals surface area contributed by atoms with Gasteiger partial charge in [0, 0.05) is 27.8 Å². The lowest BCUT2D eigenvalue weighted by Crippen LogP contribution is -2.26. The molecule has 6 heteroatoms. The highest BCUT2D eigenvalue weighted by Crippen LogP contribution is 2.63. The molecule has 0 radical (unpaired) electrons. The van der Waals surface area contributed by atoms with Gasteiger partial charge in [-0.2, -0.15) is 0 Å². The van der Waals surface area contributed by atoms with Crippen LogP contribution in [0.3, 0.4) is 0 Å². The molecule has 344 valence electrons. The van der Waals surface area contributed by atoms with Crippen molar-refractivity contribution in [3.63, 3.8) is 0 Å². The zero-order valence-electron chi connectivity index (χ0n) is 39.8. The number of nitrogens with two attached hydrogens (primary N) is 1. The molecule has 2 aliphatic rings. The van der Waals surface area contributed by atoms with Crippen molar-refractivity contribution in [1.29, 1.82) is 0 Å². The van der Waals surface area contributed by atoms with Crippen LogP contribution in [0.4, 0.5) is 0 Å². The maximum Gasteiger partial charge on any atom is 0.164 e. The quantitative estimate of drug-likeness (QED) is 0.115. The molecule has 0 amide bonds. The Morgan fingerprint density at radius 3 is 1.32 bits per heavy atom. The van der Waals surface area contributed by atoms with Crippen LogP contribution in [0, 0.1) is 0 Å². The maximum absolute atomic E-state index is 6.73. The fourth-order valence-corrected chi connectivity index (χ4v) is 10.8. The molecule has 1 spiro atoms. The van der Waals surface area contributed by atoms with Crippen molar-refractivity contribution in [2.75, 3.05) is 0 Å². The van der Waals surface area contributed by atoms with E-state index in [1.54, 1.807) is 0 Å². The van der Waals surface area contributed by atoms with Crippen molar-refractivity contribution >= 4 is 11.7 Å². The van der Waals surface area contributed by atoms with Crippen molar-refractivity contribution < 1.29 is 0 Å². The molecular weight excluding hydrogens is 889 g/mol. The average Bonchev–Trinajstić information content (AvgIpc) is 3.93. The summed E-state index contributed by atoms with van der Waals surface area (Å²) in [5.41, 5.74) is 25.9. The molecule has 0 saturated carbocycles. The van der Waals surface area contributed by atoms with Gasteiger partial charge in [0.15, 0.2) is 23.3 Å². The summed E-state index contributed by atoms with van der Waals surface area (Å²) in [6.07, 6.45) is 0. The van der Waals surface area contributed by atoms with Gasteiger partial charge in [0.1, 0.15) is 5.84 Å².